The van der Waals surface area contributed by atoms with E-state index in [0.29, 0.717) is 84.3 Å². The van der Waals surface area contributed by atoms with Crippen molar-refractivity contribution < 1.29 is 47.5 Å². The summed E-state index contributed by atoms with van der Waals surface area (Å²) in [6.07, 6.45) is 4.92. The Labute approximate surface area is 315 Å². The lowest BCUT2D eigenvalue weighted by molar-refractivity contribution is -0.144. The van der Waals surface area contributed by atoms with E-state index in [-0.39, 0.29) is 61.0 Å². The van der Waals surface area contributed by atoms with Gasteiger partial charge in [0, 0.05) is 42.9 Å². The zero-order chi connectivity index (χ0) is 37.8. The Kier molecular flexibility index (Phi) is 18.5. The van der Waals surface area contributed by atoms with Crippen molar-refractivity contribution >= 4 is 17.8 Å². The molecule has 0 bridgehead atoms. The molecular weight excluding hydrogens is 678 g/mol. The summed E-state index contributed by atoms with van der Waals surface area (Å²) in [6, 6.07) is 16.4. The first-order chi connectivity index (χ1) is 25.9. The Morgan fingerprint density at radius 2 is 1.30 bits per heavy atom. The summed E-state index contributed by atoms with van der Waals surface area (Å²) >= 11 is 0. The monoisotopic (exact) mass is 737 g/mol. The van der Waals surface area contributed by atoms with Crippen LogP contribution >= 0.6 is 0 Å². The van der Waals surface area contributed by atoms with E-state index in [4.69, 9.17) is 33.2 Å². The number of nitrogens with one attached hydrogen (secondary N) is 1. The lowest BCUT2D eigenvalue weighted by atomic mass is 9.83. The van der Waals surface area contributed by atoms with E-state index in [1.54, 1.807) is 6.92 Å². The average Bonchev–Trinajstić information content (AvgIpc) is 3.49. The highest BCUT2D eigenvalue weighted by Crippen LogP contribution is 2.44. The molecule has 2 aromatic rings. The normalized spacial score (nSPS) is 18.0. The summed E-state index contributed by atoms with van der Waals surface area (Å²) < 4.78 is 39.5. The molecule has 2 aromatic carbocycles. The predicted octanol–water partition coefficient (Wildman–Crippen LogP) is 6.17. The van der Waals surface area contributed by atoms with Gasteiger partial charge in [-0.15, -0.1) is 0 Å². The molecule has 292 valence electrons. The molecule has 0 radical (unpaired) electrons. The van der Waals surface area contributed by atoms with Crippen molar-refractivity contribution in [1.82, 2.24) is 5.32 Å². The lowest BCUT2D eigenvalue weighted by Crippen LogP contribution is -2.48. The van der Waals surface area contributed by atoms with Crippen molar-refractivity contribution in [1.29, 1.82) is 0 Å². The van der Waals surface area contributed by atoms with Gasteiger partial charge in [-0.05, 0) is 60.9 Å². The van der Waals surface area contributed by atoms with E-state index in [2.05, 4.69) is 43.4 Å². The molecule has 11 heteroatoms. The third-order valence-corrected chi connectivity index (χ3v) is 9.74. The van der Waals surface area contributed by atoms with Crippen LogP contribution in [-0.2, 0) is 47.5 Å². The zero-order valence-corrected chi connectivity index (χ0v) is 32.0. The molecule has 3 atom stereocenters. The molecule has 1 amide bonds. The van der Waals surface area contributed by atoms with Crippen molar-refractivity contribution in [3.05, 3.63) is 71.3 Å². The second kappa shape index (κ2) is 23.2. The molecule has 0 aliphatic heterocycles. The molecule has 0 saturated carbocycles. The second-order valence-corrected chi connectivity index (χ2v) is 13.4. The van der Waals surface area contributed by atoms with Crippen LogP contribution in [0.5, 0.6) is 0 Å². The van der Waals surface area contributed by atoms with Gasteiger partial charge in [-0.25, -0.2) is 4.79 Å². The number of fused-ring (bicyclic) bond motifs is 3. The summed E-state index contributed by atoms with van der Waals surface area (Å²) in [5.41, 5.74) is 5.37. The van der Waals surface area contributed by atoms with E-state index < -0.39 is 0 Å². The van der Waals surface area contributed by atoms with Crippen molar-refractivity contribution in [2.24, 2.45) is 5.92 Å². The van der Waals surface area contributed by atoms with Gasteiger partial charge in [0.1, 0.15) is 6.61 Å². The standard InChI is InChI=1S/C42H59NO10/c1-5-32(6-2)53-39-28-31(42(46)51-7-3)27-38(30(39)4)43-40(44)18-20-48-22-24-50-26-25-49-23-21-47-19-12-17-41(45)52-29-37-35-15-10-8-13-33(35)34-14-9-11-16-36(34)37/h8-11,13-16,28,30,32,37-39H,5-7,12,17-27,29H2,1-4H3,(H,43,44)/t30-,38+,39-/m1/s1. The minimum absolute atomic E-state index is 0.00238. The van der Waals surface area contributed by atoms with Gasteiger partial charge in [-0.2, -0.15) is 0 Å². The topological polar surface area (TPSA) is 128 Å². The fourth-order valence-corrected chi connectivity index (χ4v) is 6.71. The van der Waals surface area contributed by atoms with E-state index in [1.807, 2.05) is 37.3 Å². The molecule has 0 aromatic heterocycles. The molecule has 0 spiro atoms. The number of ether oxygens (including phenoxy) is 7. The lowest BCUT2D eigenvalue weighted by Gasteiger charge is -2.36. The Hall–Kier alpha value is -3.61. The Balaban J connectivity index is 0.967. The second-order valence-electron chi connectivity index (χ2n) is 13.4. The maximum Gasteiger partial charge on any atom is 0.333 e. The Morgan fingerprint density at radius 1 is 0.736 bits per heavy atom. The van der Waals surface area contributed by atoms with Crippen LogP contribution in [-0.4, -0.2) is 102 Å². The van der Waals surface area contributed by atoms with Crippen LogP contribution in [0.25, 0.3) is 11.1 Å². The van der Waals surface area contributed by atoms with Crippen LogP contribution in [0.3, 0.4) is 0 Å². The number of esters is 2. The van der Waals surface area contributed by atoms with Crippen molar-refractivity contribution in [3.8, 4) is 11.1 Å². The SMILES string of the molecule is CCOC(=O)C1=C[C@@H](OC(CC)CC)[C@H](C)[C@@H](NC(=O)CCOCCOCCOCCOCCCC(=O)OCC2c3ccccc3-c3ccccc32)C1. The highest BCUT2D eigenvalue weighted by atomic mass is 16.6. The van der Waals surface area contributed by atoms with Crippen LogP contribution < -0.4 is 5.32 Å². The van der Waals surface area contributed by atoms with Gasteiger partial charge < -0.3 is 38.5 Å². The smallest absolute Gasteiger partial charge is 0.333 e. The fourth-order valence-electron chi connectivity index (χ4n) is 6.71. The number of carbonyl (C=O) groups is 3. The molecule has 0 saturated heterocycles. The summed E-state index contributed by atoms with van der Waals surface area (Å²) in [5, 5.41) is 3.08. The number of hydrogen-bond donors (Lipinski definition) is 1. The van der Waals surface area contributed by atoms with E-state index >= 15 is 0 Å². The molecule has 0 heterocycles. The zero-order valence-electron chi connectivity index (χ0n) is 32.0. The first-order valence-electron chi connectivity index (χ1n) is 19.3. The van der Waals surface area contributed by atoms with Gasteiger partial charge in [0.15, 0.2) is 0 Å². The quantitative estimate of drug-likeness (QED) is 0.0935. The van der Waals surface area contributed by atoms with Gasteiger partial charge in [-0.1, -0.05) is 69.3 Å². The molecule has 0 unspecified atom stereocenters. The molecule has 2 aliphatic carbocycles. The fraction of sp³-hybridized carbons (Fsp3) is 0.595. The number of carbonyl (C=O) groups excluding carboxylic acids is 3. The van der Waals surface area contributed by atoms with E-state index in [9.17, 15) is 14.4 Å². The molecule has 11 nitrogen and oxygen atoms in total. The number of rotatable bonds is 25. The highest BCUT2D eigenvalue weighted by molar-refractivity contribution is 5.89. The molecule has 0 fully saturated rings. The van der Waals surface area contributed by atoms with Crippen molar-refractivity contribution in [2.45, 2.75) is 90.4 Å². The molecule has 1 N–H and O–H groups in total. The molecule has 4 rings (SSSR count). The average molecular weight is 738 g/mol. The Morgan fingerprint density at radius 3 is 1.89 bits per heavy atom. The van der Waals surface area contributed by atoms with E-state index in [0.717, 1.165) is 12.8 Å². The van der Waals surface area contributed by atoms with Gasteiger partial charge in [0.25, 0.3) is 0 Å². The maximum atomic E-state index is 12.7. The first-order valence-corrected chi connectivity index (χ1v) is 19.3. The molecule has 2 aliphatic rings. The summed E-state index contributed by atoms with van der Waals surface area (Å²) in [4.78, 5) is 37.7. The number of amides is 1. The number of benzene rings is 2. The van der Waals surface area contributed by atoms with Crippen LogP contribution in [0.4, 0.5) is 0 Å². The van der Waals surface area contributed by atoms with Crippen LogP contribution in [0.15, 0.2) is 60.2 Å². The minimum atomic E-state index is -0.362. The summed E-state index contributed by atoms with van der Waals surface area (Å²) in [6.45, 7) is 11.8. The van der Waals surface area contributed by atoms with Crippen LogP contribution in [0, 0.1) is 5.92 Å². The maximum absolute atomic E-state index is 12.7. The largest absolute Gasteiger partial charge is 0.465 e. The van der Waals surface area contributed by atoms with Gasteiger partial charge in [0.2, 0.25) is 5.91 Å². The van der Waals surface area contributed by atoms with Crippen LogP contribution in [0.1, 0.15) is 83.3 Å². The van der Waals surface area contributed by atoms with E-state index in [1.165, 1.54) is 22.3 Å². The summed E-state index contributed by atoms with van der Waals surface area (Å²) in [5.74, 6) is -0.651. The third-order valence-electron chi connectivity index (χ3n) is 9.74. The molecular formula is C42H59NO10. The van der Waals surface area contributed by atoms with Crippen molar-refractivity contribution in [3.63, 3.8) is 0 Å². The number of hydrogen-bond acceptors (Lipinski definition) is 10. The summed E-state index contributed by atoms with van der Waals surface area (Å²) in [7, 11) is 0. The highest BCUT2D eigenvalue weighted by Gasteiger charge is 2.35. The third kappa shape index (κ3) is 13.3. The van der Waals surface area contributed by atoms with Gasteiger partial charge in [0.05, 0.1) is 65.1 Å². The van der Waals surface area contributed by atoms with Crippen molar-refractivity contribution in [2.75, 3.05) is 66.1 Å². The minimum Gasteiger partial charge on any atom is -0.465 e. The molecule has 53 heavy (non-hydrogen) atoms. The van der Waals surface area contributed by atoms with Gasteiger partial charge in [-0.3, -0.25) is 9.59 Å². The first kappa shape index (κ1) is 42.1. The van der Waals surface area contributed by atoms with Crippen LogP contribution in [0.2, 0.25) is 0 Å². The van der Waals surface area contributed by atoms with Gasteiger partial charge >= 0.3 is 11.9 Å². The Bertz CT molecular complexity index is 1410. The predicted molar refractivity (Wildman–Crippen MR) is 201 cm³/mol.